The highest BCUT2D eigenvalue weighted by atomic mass is 32.2. The van der Waals surface area contributed by atoms with E-state index in [1.54, 1.807) is 24.4 Å². The molecule has 0 atom stereocenters. The van der Waals surface area contributed by atoms with E-state index in [0.29, 0.717) is 5.69 Å². The standard InChI is InChI=1S/C19H26N4O2S/c1-3-16-5-8-18(9-6-16)26(24,25)21-17-7-10-19(20-15-17)23-13-11-22(4-2)12-14-23/h5-10,15,21H,3-4,11-14H2,1-2H3. The number of hydrogen-bond acceptors (Lipinski definition) is 5. The smallest absolute Gasteiger partial charge is 0.261 e. The minimum Gasteiger partial charge on any atom is -0.354 e. The number of likely N-dealkylation sites (N-methyl/N-ethyl adjacent to an activating group) is 1. The molecule has 140 valence electrons. The molecule has 0 unspecified atom stereocenters. The molecule has 1 N–H and O–H groups in total. The van der Waals surface area contributed by atoms with E-state index in [9.17, 15) is 8.42 Å². The number of piperazine rings is 1. The fourth-order valence-electron chi connectivity index (χ4n) is 3.05. The Morgan fingerprint density at radius 1 is 1.00 bits per heavy atom. The Hall–Kier alpha value is -2.12. The van der Waals surface area contributed by atoms with Gasteiger partial charge >= 0.3 is 0 Å². The maximum Gasteiger partial charge on any atom is 0.261 e. The van der Waals surface area contributed by atoms with Crippen molar-refractivity contribution in [2.45, 2.75) is 25.2 Å². The lowest BCUT2D eigenvalue weighted by Crippen LogP contribution is -2.46. The van der Waals surface area contributed by atoms with Gasteiger partial charge < -0.3 is 9.80 Å². The topological polar surface area (TPSA) is 65.5 Å². The summed E-state index contributed by atoms with van der Waals surface area (Å²) in [5, 5.41) is 0. The van der Waals surface area contributed by atoms with E-state index in [2.05, 4.69) is 26.4 Å². The molecule has 1 aliphatic rings. The lowest BCUT2D eigenvalue weighted by Gasteiger charge is -2.34. The zero-order chi connectivity index (χ0) is 18.6. The van der Waals surface area contributed by atoms with Gasteiger partial charge in [0.2, 0.25) is 0 Å². The summed E-state index contributed by atoms with van der Waals surface area (Å²) in [6, 6.07) is 10.6. The highest BCUT2D eigenvalue weighted by Gasteiger charge is 2.18. The molecule has 0 amide bonds. The highest BCUT2D eigenvalue weighted by molar-refractivity contribution is 7.92. The van der Waals surface area contributed by atoms with Crippen LogP contribution in [0.25, 0.3) is 0 Å². The van der Waals surface area contributed by atoms with Crippen LogP contribution in [0.15, 0.2) is 47.5 Å². The second-order valence-corrected chi connectivity index (χ2v) is 8.11. The second kappa shape index (κ2) is 8.05. The molecule has 0 aliphatic carbocycles. The Labute approximate surface area is 155 Å². The Kier molecular flexibility index (Phi) is 5.78. The molecule has 2 heterocycles. The summed E-state index contributed by atoms with van der Waals surface area (Å²) >= 11 is 0. The molecule has 26 heavy (non-hydrogen) atoms. The first-order valence-electron chi connectivity index (χ1n) is 9.07. The third kappa shape index (κ3) is 4.34. The summed E-state index contributed by atoms with van der Waals surface area (Å²) in [4.78, 5) is 9.33. The van der Waals surface area contributed by atoms with Crippen molar-refractivity contribution >= 4 is 21.5 Å². The maximum absolute atomic E-state index is 12.5. The zero-order valence-electron chi connectivity index (χ0n) is 15.4. The molecular formula is C19H26N4O2S. The van der Waals surface area contributed by atoms with E-state index in [4.69, 9.17) is 0 Å². The molecule has 0 bridgehead atoms. The molecule has 3 rings (SSSR count). The Balaban J connectivity index is 1.66. The molecule has 1 aromatic heterocycles. The zero-order valence-corrected chi connectivity index (χ0v) is 16.2. The summed E-state index contributed by atoms with van der Waals surface area (Å²) < 4.78 is 27.6. The molecule has 1 fully saturated rings. The molecule has 6 nitrogen and oxygen atoms in total. The highest BCUT2D eigenvalue weighted by Crippen LogP contribution is 2.19. The molecule has 7 heteroatoms. The number of aromatic nitrogens is 1. The van der Waals surface area contributed by atoms with Crippen molar-refractivity contribution in [1.82, 2.24) is 9.88 Å². The first-order chi connectivity index (χ1) is 12.5. The van der Waals surface area contributed by atoms with E-state index in [-0.39, 0.29) is 4.90 Å². The number of rotatable bonds is 6. The van der Waals surface area contributed by atoms with Crippen molar-refractivity contribution in [2.75, 3.05) is 42.3 Å². The number of nitrogens with one attached hydrogen (secondary N) is 1. The monoisotopic (exact) mass is 374 g/mol. The Bertz CT molecular complexity index is 812. The normalized spacial score (nSPS) is 15.8. The van der Waals surface area contributed by atoms with Gasteiger partial charge in [-0.1, -0.05) is 26.0 Å². The van der Waals surface area contributed by atoms with Crippen LogP contribution >= 0.6 is 0 Å². The molecule has 0 saturated carbocycles. The Morgan fingerprint density at radius 3 is 2.23 bits per heavy atom. The number of pyridine rings is 1. The SMILES string of the molecule is CCc1ccc(S(=O)(=O)Nc2ccc(N3CCN(CC)CC3)nc2)cc1. The third-order valence-electron chi connectivity index (χ3n) is 4.79. The maximum atomic E-state index is 12.5. The van der Waals surface area contributed by atoms with Crippen LogP contribution in [0, 0.1) is 0 Å². The fourth-order valence-corrected chi connectivity index (χ4v) is 4.09. The molecule has 0 radical (unpaired) electrons. The number of sulfonamides is 1. The van der Waals surface area contributed by atoms with E-state index < -0.39 is 10.0 Å². The van der Waals surface area contributed by atoms with Gasteiger partial charge in [0.1, 0.15) is 5.82 Å². The van der Waals surface area contributed by atoms with Gasteiger partial charge in [-0.15, -0.1) is 0 Å². The predicted octanol–water partition coefficient (Wildman–Crippen LogP) is 2.59. The van der Waals surface area contributed by atoms with Crippen LogP contribution in [0.2, 0.25) is 0 Å². The molecular weight excluding hydrogens is 348 g/mol. The van der Waals surface area contributed by atoms with E-state index in [1.165, 1.54) is 0 Å². The molecule has 0 spiro atoms. The van der Waals surface area contributed by atoms with Crippen LogP contribution in [0.5, 0.6) is 0 Å². The second-order valence-electron chi connectivity index (χ2n) is 6.43. The van der Waals surface area contributed by atoms with E-state index in [1.807, 2.05) is 25.1 Å². The molecule has 2 aromatic rings. The van der Waals surface area contributed by atoms with Gasteiger partial charge in [0.15, 0.2) is 0 Å². The summed E-state index contributed by atoms with van der Waals surface area (Å²) in [5.41, 5.74) is 1.58. The molecule has 1 aliphatic heterocycles. The predicted molar refractivity (Wildman–Crippen MR) is 105 cm³/mol. The number of hydrogen-bond donors (Lipinski definition) is 1. The van der Waals surface area contributed by atoms with Gasteiger partial charge in [-0.05, 0) is 42.8 Å². The first-order valence-corrected chi connectivity index (χ1v) is 10.5. The number of benzene rings is 1. The fraction of sp³-hybridized carbons (Fsp3) is 0.421. The minimum absolute atomic E-state index is 0.259. The van der Waals surface area contributed by atoms with Gasteiger partial charge in [-0.2, -0.15) is 0 Å². The van der Waals surface area contributed by atoms with Crippen LogP contribution in [-0.4, -0.2) is 51.0 Å². The van der Waals surface area contributed by atoms with Gasteiger partial charge in [0.05, 0.1) is 16.8 Å². The number of nitrogens with zero attached hydrogens (tertiary/aromatic N) is 3. The van der Waals surface area contributed by atoms with Crippen molar-refractivity contribution in [1.29, 1.82) is 0 Å². The van der Waals surface area contributed by atoms with Gasteiger partial charge in [0, 0.05) is 26.2 Å². The number of aryl methyl sites for hydroxylation is 1. The summed E-state index contributed by atoms with van der Waals surface area (Å²) in [7, 11) is -3.60. The van der Waals surface area contributed by atoms with Crippen LogP contribution in [0.3, 0.4) is 0 Å². The lowest BCUT2D eigenvalue weighted by molar-refractivity contribution is 0.270. The van der Waals surface area contributed by atoms with Crippen LogP contribution in [0.1, 0.15) is 19.4 Å². The lowest BCUT2D eigenvalue weighted by atomic mass is 10.2. The van der Waals surface area contributed by atoms with Gasteiger partial charge in [-0.3, -0.25) is 4.72 Å². The first kappa shape index (κ1) is 18.7. The summed E-state index contributed by atoms with van der Waals surface area (Å²) in [6.45, 7) is 9.22. The minimum atomic E-state index is -3.60. The summed E-state index contributed by atoms with van der Waals surface area (Å²) in [5.74, 6) is 0.885. The average Bonchev–Trinajstić information content (AvgIpc) is 2.68. The van der Waals surface area contributed by atoms with Crippen molar-refractivity contribution < 1.29 is 8.42 Å². The van der Waals surface area contributed by atoms with Crippen LogP contribution in [-0.2, 0) is 16.4 Å². The van der Waals surface area contributed by atoms with Gasteiger partial charge in [-0.25, -0.2) is 13.4 Å². The van der Waals surface area contributed by atoms with Crippen molar-refractivity contribution in [3.8, 4) is 0 Å². The third-order valence-corrected chi connectivity index (χ3v) is 6.18. The number of anilines is 2. The van der Waals surface area contributed by atoms with E-state index >= 15 is 0 Å². The van der Waals surface area contributed by atoms with Gasteiger partial charge in [0.25, 0.3) is 10.0 Å². The average molecular weight is 375 g/mol. The summed E-state index contributed by atoms with van der Waals surface area (Å²) in [6.07, 6.45) is 2.46. The van der Waals surface area contributed by atoms with Crippen LogP contribution < -0.4 is 9.62 Å². The van der Waals surface area contributed by atoms with E-state index in [0.717, 1.165) is 50.5 Å². The van der Waals surface area contributed by atoms with Crippen molar-refractivity contribution in [3.05, 3.63) is 48.2 Å². The van der Waals surface area contributed by atoms with Crippen molar-refractivity contribution in [2.24, 2.45) is 0 Å². The largest absolute Gasteiger partial charge is 0.354 e. The van der Waals surface area contributed by atoms with Crippen molar-refractivity contribution in [3.63, 3.8) is 0 Å². The molecule has 1 saturated heterocycles. The van der Waals surface area contributed by atoms with Crippen LogP contribution in [0.4, 0.5) is 11.5 Å². The molecule has 1 aromatic carbocycles. The quantitative estimate of drug-likeness (QED) is 0.842. The Morgan fingerprint density at radius 2 is 1.69 bits per heavy atom.